The molecule has 1 fully saturated rings. The van der Waals surface area contributed by atoms with Gasteiger partial charge in [0.15, 0.2) is 0 Å². The largest absolute Gasteiger partial charge is 0.389 e. The third-order valence-electron chi connectivity index (χ3n) is 3.56. The van der Waals surface area contributed by atoms with E-state index in [9.17, 15) is 5.11 Å². The number of nitrogens with zero attached hydrogens (tertiary/aromatic N) is 1. The number of aliphatic hydroxyl groups is 1. The van der Waals surface area contributed by atoms with Crippen LogP contribution in [0.2, 0.25) is 0 Å². The molecule has 0 radical (unpaired) electrons. The van der Waals surface area contributed by atoms with E-state index >= 15 is 0 Å². The normalized spacial score (nSPS) is 19.0. The Balaban J connectivity index is 2.18. The van der Waals surface area contributed by atoms with Gasteiger partial charge in [-0.1, -0.05) is 15.9 Å². The van der Waals surface area contributed by atoms with Gasteiger partial charge >= 0.3 is 0 Å². The molecule has 1 N–H and O–H groups in total. The summed E-state index contributed by atoms with van der Waals surface area (Å²) in [6.07, 6.45) is 2.03. The maximum atomic E-state index is 9.89. The first kappa shape index (κ1) is 13.8. The highest BCUT2D eigenvalue weighted by Gasteiger charge is 2.21. The van der Waals surface area contributed by atoms with Gasteiger partial charge in [-0.25, -0.2) is 0 Å². The van der Waals surface area contributed by atoms with E-state index in [4.69, 9.17) is 4.74 Å². The molecule has 0 spiro atoms. The van der Waals surface area contributed by atoms with E-state index in [1.165, 1.54) is 0 Å². The van der Waals surface area contributed by atoms with Crippen molar-refractivity contribution in [3.63, 3.8) is 0 Å². The Morgan fingerprint density at radius 1 is 1.39 bits per heavy atom. The standard InChI is InChI=1S/C14H20BrNO2/c1-10(17)13-9-11(15)3-4-14(13)16-7-5-12(18-2)6-8-16/h3-4,9-10,12,17H,5-8H2,1-2H3. The minimum Gasteiger partial charge on any atom is -0.389 e. The summed E-state index contributed by atoms with van der Waals surface area (Å²) in [5.41, 5.74) is 2.13. The lowest BCUT2D eigenvalue weighted by Crippen LogP contribution is -2.37. The van der Waals surface area contributed by atoms with Gasteiger partial charge in [0.2, 0.25) is 0 Å². The van der Waals surface area contributed by atoms with Crippen LogP contribution in [0.15, 0.2) is 22.7 Å². The third-order valence-corrected chi connectivity index (χ3v) is 4.05. The summed E-state index contributed by atoms with van der Waals surface area (Å²) in [6.45, 7) is 3.78. The van der Waals surface area contributed by atoms with Crippen molar-refractivity contribution in [2.45, 2.75) is 32.0 Å². The zero-order valence-electron chi connectivity index (χ0n) is 10.9. The lowest BCUT2D eigenvalue weighted by Gasteiger charge is -2.34. The average molecular weight is 314 g/mol. The second-order valence-corrected chi connectivity index (χ2v) is 5.72. The third kappa shape index (κ3) is 3.05. The molecule has 3 nitrogen and oxygen atoms in total. The van der Waals surface area contributed by atoms with E-state index in [-0.39, 0.29) is 0 Å². The lowest BCUT2D eigenvalue weighted by molar-refractivity contribution is 0.0818. The fourth-order valence-corrected chi connectivity index (χ4v) is 2.86. The van der Waals surface area contributed by atoms with Crippen molar-refractivity contribution < 1.29 is 9.84 Å². The Morgan fingerprint density at radius 2 is 2.06 bits per heavy atom. The van der Waals surface area contributed by atoms with Crippen LogP contribution in [-0.4, -0.2) is 31.4 Å². The van der Waals surface area contributed by atoms with Gasteiger partial charge in [-0.2, -0.15) is 0 Å². The predicted octanol–water partition coefficient (Wildman–Crippen LogP) is 3.12. The van der Waals surface area contributed by atoms with Crippen LogP contribution in [0.5, 0.6) is 0 Å². The van der Waals surface area contributed by atoms with Crippen LogP contribution in [0.4, 0.5) is 5.69 Å². The molecule has 1 unspecified atom stereocenters. The lowest BCUT2D eigenvalue weighted by atomic mass is 10.0. The minimum atomic E-state index is -0.447. The number of hydrogen-bond acceptors (Lipinski definition) is 3. The van der Waals surface area contributed by atoms with Crippen molar-refractivity contribution in [1.82, 2.24) is 0 Å². The summed E-state index contributed by atoms with van der Waals surface area (Å²) < 4.78 is 6.40. The number of rotatable bonds is 3. The fraction of sp³-hybridized carbons (Fsp3) is 0.571. The fourth-order valence-electron chi connectivity index (χ4n) is 2.48. The van der Waals surface area contributed by atoms with Gasteiger partial charge in [-0.3, -0.25) is 0 Å². The van der Waals surface area contributed by atoms with Gasteiger partial charge in [-0.05, 0) is 38.0 Å². The summed E-state index contributed by atoms with van der Waals surface area (Å²) in [7, 11) is 1.78. The number of halogens is 1. The highest BCUT2D eigenvalue weighted by molar-refractivity contribution is 9.10. The molecule has 100 valence electrons. The first-order chi connectivity index (χ1) is 8.61. The number of piperidine rings is 1. The molecule has 0 aromatic heterocycles. The van der Waals surface area contributed by atoms with Crippen molar-refractivity contribution in [2.75, 3.05) is 25.1 Å². The average Bonchev–Trinajstić information content (AvgIpc) is 2.39. The zero-order valence-corrected chi connectivity index (χ0v) is 12.5. The molecule has 4 heteroatoms. The summed E-state index contributed by atoms with van der Waals surface area (Å²) in [5, 5.41) is 9.89. The zero-order chi connectivity index (χ0) is 13.1. The quantitative estimate of drug-likeness (QED) is 0.930. The molecule has 0 bridgehead atoms. The molecule has 0 saturated carbocycles. The number of hydrogen-bond donors (Lipinski definition) is 1. The highest BCUT2D eigenvalue weighted by Crippen LogP contribution is 2.31. The van der Waals surface area contributed by atoms with Crippen molar-refractivity contribution in [3.05, 3.63) is 28.2 Å². The Morgan fingerprint density at radius 3 is 2.61 bits per heavy atom. The van der Waals surface area contributed by atoms with Crippen molar-refractivity contribution in [2.24, 2.45) is 0 Å². The Bertz CT molecular complexity index is 401. The smallest absolute Gasteiger partial charge is 0.0782 e. The maximum Gasteiger partial charge on any atom is 0.0782 e. The Kier molecular flexibility index (Phi) is 4.65. The highest BCUT2D eigenvalue weighted by atomic mass is 79.9. The molecule has 1 saturated heterocycles. The van der Waals surface area contributed by atoms with E-state index in [1.54, 1.807) is 7.11 Å². The van der Waals surface area contributed by atoms with Gasteiger partial charge in [-0.15, -0.1) is 0 Å². The van der Waals surface area contributed by atoms with E-state index in [2.05, 4.69) is 26.9 Å². The summed E-state index contributed by atoms with van der Waals surface area (Å²) in [6, 6.07) is 6.12. The molecule has 0 amide bonds. The molecule has 0 aliphatic carbocycles. The number of methoxy groups -OCH3 is 1. The molecule has 1 heterocycles. The molecule has 1 atom stereocenters. The van der Waals surface area contributed by atoms with Gasteiger partial charge < -0.3 is 14.7 Å². The maximum absolute atomic E-state index is 9.89. The topological polar surface area (TPSA) is 32.7 Å². The number of aliphatic hydroxyl groups excluding tert-OH is 1. The first-order valence-corrected chi connectivity index (χ1v) is 7.16. The van der Waals surface area contributed by atoms with Gasteiger partial charge in [0.1, 0.15) is 0 Å². The molecule has 1 aromatic carbocycles. The van der Waals surface area contributed by atoms with Gasteiger partial charge in [0, 0.05) is 35.9 Å². The minimum absolute atomic E-state index is 0.381. The van der Waals surface area contributed by atoms with E-state index < -0.39 is 6.10 Å². The molecular weight excluding hydrogens is 294 g/mol. The van der Waals surface area contributed by atoms with E-state index in [1.807, 2.05) is 19.1 Å². The second kappa shape index (κ2) is 6.04. The van der Waals surface area contributed by atoms with Crippen LogP contribution < -0.4 is 4.90 Å². The van der Waals surface area contributed by atoms with Crippen LogP contribution >= 0.6 is 15.9 Å². The summed E-state index contributed by atoms with van der Waals surface area (Å²) in [4.78, 5) is 2.34. The molecule has 18 heavy (non-hydrogen) atoms. The number of anilines is 1. The second-order valence-electron chi connectivity index (χ2n) is 4.80. The van der Waals surface area contributed by atoms with Crippen molar-refractivity contribution in [1.29, 1.82) is 0 Å². The van der Waals surface area contributed by atoms with Crippen LogP contribution in [0.25, 0.3) is 0 Å². The van der Waals surface area contributed by atoms with Gasteiger partial charge in [0.05, 0.1) is 12.2 Å². The molecule has 1 aliphatic rings. The van der Waals surface area contributed by atoms with E-state index in [0.717, 1.165) is 41.7 Å². The SMILES string of the molecule is COC1CCN(c2ccc(Br)cc2C(C)O)CC1. The van der Waals surface area contributed by atoms with Crippen molar-refractivity contribution in [3.8, 4) is 0 Å². The van der Waals surface area contributed by atoms with Crippen LogP contribution in [0, 0.1) is 0 Å². The number of ether oxygens (including phenoxy) is 1. The van der Waals surface area contributed by atoms with E-state index in [0.29, 0.717) is 6.10 Å². The summed E-state index contributed by atoms with van der Waals surface area (Å²) in [5.74, 6) is 0. The number of benzene rings is 1. The molecule has 2 rings (SSSR count). The van der Waals surface area contributed by atoms with Crippen molar-refractivity contribution >= 4 is 21.6 Å². The van der Waals surface area contributed by atoms with Crippen LogP contribution in [0.1, 0.15) is 31.4 Å². The predicted molar refractivity (Wildman–Crippen MR) is 77.0 cm³/mol. The molecule has 1 aliphatic heterocycles. The van der Waals surface area contributed by atoms with Crippen LogP contribution in [0.3, 0.4) is 0 Å². The first-order valence-electron chi connectivity index (χ1n) is 6.37. The van der Waals surface area contributed by atoms with Gasteiger partial charge in [0.25, 0.3) is 0 Å². The van der Waals surface area contributed by atoms with Crippen LogP contribution in [-0.2, 0) is 4.74 Å². The summed E-state index contributed by atoms with van der Waals surface area (Å²) >= 11 is 3.46. The Hall–Kier alpha value is -0.580. The molecular formula is C14H20BrNO2. The Labute approximate surface area is 117 Å². The monoisotopic (exact) mass is 313 g/mol. The molecule has 1 aromatic rings.